The van der Waals surface area contributed by atoms with Crippen LogP contribution in [0.2, 0.25) is 0 Å². The third kappa shape index (κ3) is 7.60. The molecule has 0 bridgehead atoms. The molecule has 0 amide bonds. The van der Waals surface area contributed by atoms with Gasteiger partial charge in [-0.15, -0.1) is 10.2 Å². The van der Waals surface area contributed by atoms with Crippen molar-refractivity contribution in [3.8, 4) is 11.8 Å². The zero-order valence-electron chi connectivity index (χ0n) is 32.6. The number of halogens is 2. The Morgan fingerprint density at radius 2 is 1.77 bits per heavy atom. The summed E-state index contributed by atoms with van der Waals surface area (Å²) in [6.07, 6.45) is 3.06. The van der Waals surface area contributed by atoms with Crippen LogP contribution in [0.3, 0.4) is 0 Å². The molecule has 6 heterocycles. The number of aromatic nitrogens is 4. The van der Waals surface area contributed by atoms with E-state index in [0.717, 1.165) is 25.2 Å². The van der Waals surface area contributed by atoms with E-state index in [1.807, 2.05) is 25.1 Å². The van der Waals surface area contributed by atoms with E-state index in [-0.39, 0.29) is 29.5 Å². The quantitative estimate of drug-likeness (QED) is 0.184. The number of nitrogens with zero attached hydrogens (tertiary/aromatic N) is 6. The molecule has 2 saturated heterocycles. The highest BCUT2D eigenvalue weighted by molar-refractivity contribution is 7.89. The fourth-order valence-corrected chi connectivity index (χ4v) is 9.88. The van der Waals surface area contributed by atoms with Crippen LogP contribution in [-0.2, 0) is 26.1 Å². The average Bonchev–Trinajstić information content (AvgIpc) is 3.58. The number of fused-ring (bicyclic) bond motifs is 2. The SMILES string of the molecule is Cc1ccc([C@@H](c2ccn3c(C(F)F)nnc3c2C)C(C)(C)C(=O)O)cc1CN1CC2(CCOCC2)Oc2nc(OCCN3CCCCC3)c(C)cc2S1(=O)=O. The number of carboxylic acid groups (broad SMARTS) is 1. The van der Waals surface area contributed by atoms with E-state index in [1.165, 1.54) is 34.2 Å². The Kier molecular flexibility index (Phi) is 11.1. The van der Waals surface area contributed by atoms with Gasteiger partial charge in [-0.1, -0.05) is 24.6 Å². The van der Waals surface area contributed by atoms with E-state index in [1.54, 1.807) is 39.8 Å². The van der Waals surface area contributed by atoms with Crippen LogP contribution in [0.25, 0.3) is 5.65 Å². The number of hydrogen-bond donors (Lipinski definition) is 1. The fourth-order valence-electron chi connectivity index (χ4n) is 8.26. The lowest BCUT2D eigenvalue weighted by molar-refractivity contribution is -0.147. The summed E-state index contributed by atoms with van der Waals surface area (Å²) < 4.78 is 78.0. The van der Waals surface area contributed by atoms with Gasteiger partial charge in [0.1, 0.15) is 17.1 Å². The zero-order chi connectivity index (χ0) is 40.0. The minimum Gasteiger partial charge on any atom is -0.481 e. The van der Waals surface area contributed by atoms with E-state index in [9.17, 15) is 27.1 Å². The molecule has 3 aliphatic heterocycles. The molecule has 4 aromatic rings. The van der Waals surface area contributed by atoms with Crippen LogP contribution >= 0.6 is 0 Å². The first-order valence-corrected chi connectivity index (χ1v) is 20.6. The van der Waals surface area contributed by atoms with Gasteiger partial charge in [0.25, 0.3) is 6.43 Å². The number of benzene rings is 1. The van der Waals surface area contributed by atoms with E-state index in [4.69, 9.17) is 19.2 Å². The van der Waals surface area contributed by atoms with Gasteiger partial charge < -0.3 is 19.3 Å². The van der Waals surface area contributed by atoms with Crippen LogP contribution in [0.15, 0.2) is 41.4 Å². The van der Waals surface area contributed by atoms with Crippen molar-refractivity contribution < 1.29 is 41.3 Å². The van der Waals surface area contributed by atoms with E-state index in [2.05, 4.69) is 15.1 Å². The molecule has 0 unspecified atom stereocenters. The van der Waals surface area contributed by atoms with Crippen molar-refractivity contribution in [2.24, 2.45) is 5.41 Å². The summed E-state index contributed by atoms with van der Waals surface area (Å²) >= 11 is 0. The van der Waals surface area contributed by atoms with Gasteiger partial charge >= 0.3 is 5.97 Å². The first-order chi connectivity index (χ1) is 26.6. The number of carboxylic acids is 1. The second kappa shape index (κ2) is 15.6. The summed E-state index contributed by atoms with van der Waals surface area (Å²) in [5, 5.41) is 18.2. The Morgan fingerprint density at radius 1 is 1.04 bits per heavy atom. The normalized spacial score (nSPS) is 19.4. The molecule has 1 N–H and O–H groups in total. The molecule has 302 valence electrons. The van der Waals surface area contributed by atoms with Gasteiger partial charge in [0, 0.05) is 43.6 Å². The van der Waals surface area contributed by atoms with E-state index in [0.29, 0.717) is 66.4 Å². The largest absolute Gasteiger partial charge is 0.481 e. The lowest BCUT2D eigenvalue weighted by Gasteiger charge is -2.38. The molecule has 1 atom stereocenters. The minimum absolute atomic E-state index is 0.0102. The Hall–Kier alpha value is -4.25. The van der Waals surface area contributed by atoms with E-state index < -0.39 is 45.2 Å². The molecular weight excluding hydrogens is 747 g/mol. The van der Waals surface area contributed by atoms with Crippen LogP contribution in [0.5, 0.6) is 11.8 Å². The highest BCUT2D eigenvalue weighted by atomic mass is 32.2. The van der Waals surface area contributed by atoms with Crippen molar-refractivity contribution in [3.05, 3.63) is 75.7 Å². The lowest BCUT2D eigenvalue weighted by Crippen LogP contribution is -2.50. The van der Waals surface area contributed by atoms with Gasteiger partial charge in [-0.3, -0.25) is 14.1 Å². The second-order valence-corrected chi connectivity index (χ2v) is 17.8. The summed E-state index contributed by atoms with van der Waals surface area (Å²) in [5.74, 6) is -2.00. The van der Waals surface area contributed by atoms with Gasteiger partial charge in [-0.05, 0) is 100 Å². The topological polar surface area (TPSA) is 149 Å². The summed E-state index contributed by atoms with van der Waals surface area (Å²) in [6.45, 7) is 12.6. The second-order valence-electron chi connectivity index (χ2n) is 15.9. The Morgan fingerprint density at radius 3 is 2.46 bits per heavy atom. The number of piperidine rings is 1. The summed E-state index contributed by atoms with van der Waals surface area (Å²) in [6, 6.07) is 8.76. The number of aryl methyl sites for hydroxylation is 3. The van der Waals surface area contributed by atoms with Gasteiger partial charge in [0.2, 0.25) is 27.6 Å². The van der Waals surface area contributed by atoms with Crippen LogP contribution < -0.4 is 9.47 Å². The maximum Gasteiger partial charge on any atom is 0.310 e. The molecule has 1 aromatic carbocycles. The highest BCUT2D eigenvalue weighted by Crippen LogP contribution is 2.45. The van der Waals surface area contributed by atoms with Crippen LogP contribution in [-0.4, -0.2) is 99.9 Å². The minimum atomic E-state index is -4.18. The van der Waals surface area contributed by atoms with Crippen molar-refractivity contribution in [3.63, 3.8) is 0 Å². The van der Waals surface area contributed by atoms with Crippen molar-refractivity contribution in [2.45, 2.75) is 96.1 Å². The highest BCUT2D eigenvalue weighted by Gasteiger charge is 2.46. The summed E-state index contributed by atoms with van der Waals surface area (Å²) in [7, 11) is -4.18. The van der Waals surface area contributed by atoms with Crippen molar-refractivity contribution >= 4 is 21.6 Å². The summed E-state index contributed by atoms with van der Waals surface area (Å²) in [5.41, 5.74) is 1.67. The molecule has 0 radical (unpaired) electrons. The van der Waals surface area contributed by atoms with Crippen LogP contribution in [0.1, 0.15) is 97.5 Å². The maximum atomic E-state index is 14.7. The fraction of sp³-hybridized carbons (Fsp3) is 0.550. The van der Waals surface area contributed by atoms with Crippen LogP contribution in [0, 0.1) is 26.2 Å². The molecule has 3 aromatic heterocycles. The third-order valence-electron chi connectivity index (χ3n) is 11.7. The first kappa shape index (κ1) is 40.0. The number of sulfonamides is 1. The molecule has 7 rings (SSSR count). The number of likely N-dealkylation sites (tertiary alicyclic amines) is 1. The standard InChI is InChI=1S/C40H50F2N6O7S/c1-25-9-10-28(32(39(4,5)38(49)50)30-11-16-48-34(27(30)3)44-45-35(48)33(41)42)22-29(25)23-47-24-40(12-18-53-19-13-40)55-37-31(56(47,51)52)21-26(2)36(43-37)54-20-17-46-14-7-6-8-15-46/h9-11,16,21-22,32-33H,6-8,12-15,17-20,23-24H2,1-5H3,(H,49,50)/t32-/m0/s1. The van der Waals surface area contributed by atoms with Crippen molar-refractivity contribution in [1.82, 2.24) is 28.8 Å². The van der Waals surface area contributed by atoms with Crippen LogP contribution in [0.4, 0.5) is 8.78 Å². The van der Waals surface area contributed by atoms with Gasteiger partial charge in [-0.25, -0.2) is 17.2 Å². The average molecular weight is 797 g/mol. The van der Waals surface area contributed by atoms with Gasteiger partial charge in [0.15, 0.2) is 5.65 Å². The molecular formula is C40H50F2N6O7S. The Balaban J connectivity index is 1.26. The lowest BCUT2D eigenvalue weighted by atomic mass is 9.70. The Labute approximate surface area is 326 Å². The molecule has 1 spiro atoms. The molecule has 13 nitrogen and oxygen atoms in total. The number of ether oxygens (including phenoxy) is 3. The number of rotatable bonds is 11. The number of pyridine rings is 2. The maximum absolute atomic E-state index is 14.7. The monoisotopic (exact) mass is 796 g/mol. The molecule has 2 fully saturated rings. The first-order valence-electron chi connectivity index (χ1n) is 19.2. The summed E-state index contributed by atoms with van der Waals surface area (Å²) in [4.78, 5) is 19.9. The molecule has 0 aliphatic carbocycles. The predicted molar refractivity (Wildman–Crippen MR) is 203 cm³/mol. The van der Waals surface area contributed by atoms with Gasteiger partial charge in [0.05, 0.1) is 25.2 Å². The molecule has 16 heteroatoms. The molecule has 56 heavy (non-hydrogen) atoms. The Bertz CT molecular complexity index is 2220. The smallest absolute Gasteiger partial charge is 0.310 e. The number of hydrogen-bond acceptors (Lipinski definition) is 10. The number of alkyl halides is 2. The van der Waals surface area contributed by atoms with Crippen molar-refractivity contribution in [2.75, 3.05) is 46.0 Å². The third-order valence-corrected chi connectivity index (χ3v) is 13.5. The van der Waals surface area contributed by atoms with Gasteiger partial charge in [-0.2, -0.15) is 9.29 Å². The predicted octanol–water partition coefficient (Wildman–Crippen LogP) is 6.23. The number of carbonyl (C=O) groups is 1. The van der Waals surface area contributed by atoms with E-state index >= 15 is 0 Å². The molecule has 3 aliphatic rings. The number of aliphatic carboxylic acids is 1. The molecule has 0 saturated carbocycles. The zero-order valence-corrected chi connectivity index (χ0v) is 33.4. The van der Waals surface area contributed by atoms with Crippen molar-refractivity contribution in [1.29, 1.82) is 0 Å².